The van der Waals surface area contributed by atoms with Gasteiger partial charge in [-0.2, -0.15) is 0 Å². The van der Waals surface area contributed by atoms with Gasteiger partial charge >= 0.3 is 5.91 Å². The topological polar surface area (TPSA) is 87.5 Å². The highest BCUT2D eigenvalue weighted by Crippen LogP contribution is 2.38. The molecule has 0 radical (unpaired) electrons. The molecule has 0 saturated carbocycles. The van der Waals surface area contributed by atoms with Gasteiger partial charge in [-0.1, -0.05) is 41.2 Å². The van der Waals surface area contributed by atoms with Crippen molar-refractivity contribution in [2.45, 2.75) is 37.6 Å². The number of piperidine rings is 2. The number of rotatable bonds is 5. The van der Waals surface area contributed by atoms with Crippen LogP contribution in [-0.2, 0) is 4.79 Å². The van der Waals surface area contributed by atoms with Crippen LogP contribution in [0.2, 0.25) is 15.1 Å². The fraction of sp³-hybridized carbons (Fsp3) is 0.370. The van der Waals surface area contributed by atoms with Gasteiger partial charge in [-0.05, 0) is 94.3 Å². The van der Waals surface area contributed by atoms with Crippen LogP contribution in [0.15, 0.2) is 46.9 Å². The molecule has 0 aliphatic carbocycles. The lowest BCUT2D eigenvalue weighted by atomic mass is 9.84. The van der Waals surface area contributed by atoms with Gasteiger partial charge < -0.3 is 9.73 Å². The quantitative estimate of drug-likeness (QED) is 0.381. The molecule has 0 spiro atoms. The molecule has 194 valence electrons. The summed E-state index contributed by atoms with van der Waals surface area (Å²) in [5.41, 5.74) is 0.851. The molecule has 2 saturated heterocycles. The number of imide groups is 1. The van der Waals surface area contributed by atoms with Gasteiger partial charge in [0.15, 0.2) is 5.76 Å². The summed E-state index contributed by atoms with van der Waals surface area (Å²) in [5, 5.41) is 7.32. The number of aromatic nitrogens is 1. The SMILES string of the molecule is O=C(NC(=O)C1(N2CCCCC2)CCNCC1)c1nc(-c2ccc(Cl)cc2Cl)c(-c2ccc(Cl)cc2)o1. The minimum atomic E-state index is -0.727. The molecule has 1 aromatic heterocycles. The van der Waals surface area contributed by atoms with Crippen molar-refractivity contribution in [3.8, 4) is 22.6 Å². The standard InChI is InChI=1S/C27H27Cl3N4O3/c28-18-6-4-17(5-7-18)23-22(20-9-8-19(29)16-21(20)30)32-25(37-23)24(35)33-26(36)27(10-12-31-13-11-27)34-14-2-1-3-15-34/h4-9,16,31H,1-3,10-15H2,(H,33,35,36). The Morgan fingerprint density at radius 3 is 2.30 bits per heavy atom. The number of hydrogen-bond donors (Lipinski definition) is 2. The van der Waals surface area contributed by atoms with Gasteiger partial charge in [0.25, 0.3) is 5.89 Å². The van der Waals surface area contributed by atoms with Crippen LogP contribution in [0.3, 0.4) is 0 Å². The summed E-state index contributed by atoms with van der Waals surface area (Å²) in [5.74, 6) is -0.877. The number of oxazole rings is 1. The number of benzene rings is 2. The zero-order valence-electron chi connectivity index (χ0n) is 20.2. The molecule has 0 unspecified atom stereocenters. The second kappa shape index (κ2) is 11.1. The lowest BCUT2D eigenvalue weighted by molar-refractivity contribution is -0.135. The van der Waals surface area contributed by atoms with Gasteiger partial charge in [0.05, 0.1) is 5.02 Å². The largest absolute Gasteiger partial charge is 0.432 e. The molecule has 2 N–H and O–H groups in total. The molecule has 2 aliphatic heterocycles. The van der Waals surface area contributed by atoms with Gasteiger partial charge in [-0.25, -0.2) is 4.98 Å². The monoisotopic (exact) mass is 560 g/mol. The highest BCUT2D eigenvalue weighted by atomic mass is 35.5. The molecule has 37 heavy (non-hydrogen) atoms. The van der Waals surface area contributed by atoms with Crippen LogP contribution in [-0.4, -0.2) is 53.4 Å². The van der Waals surface area contributed by atoms with Crippen molar-refractivity contribution in [1.29, 1.82) is 0 Å². The summed E-state index contributed by atoms with van der Waals surface area (Å²) in [6.45, 7) is 3.13. The Labute approximate surface area is 230 Å². The maximum Gasteiger partial charge on any atom is 0.313 e. The van der Waals surface area contributed by atoms with Crippen molar-refractivity contribution >= 4 is 46.6 Å². The predicted molar refractivity (Wildman–Crippen MR) is 145 cm³/mol. The molecule has 2 amide bonds. The molecule has 2 aliphatic rings. The van der Waals surface area contributed by atoms with Crippen molar-refractivity contribution in [3.63, 3.8) is 0 Å². The normalized spacial score (nSPS) is 17.9. The van der Waals surface area contributed by atoms with E-state index in [0.29, 0.717) is 50.5 Å². The first-order chi connectivity index (χ1) is 17.9. The third-order valence-corrected chi connectivity index (χ3v) is 7.96. The summed E-state index contributed by atoms with van der Waals surface area (Å²) < 4.78 is 5.97. The minimum absolute atomic E-state index is 0.220. The molecular formula is C27H27Cl3N4O3. The van der Waals surface area contributed by atoms with Crippen LogP contribution in [0, 0.1) is 0 Å². The van der Waals surface area contributed by atoms with E-state index in [4.69, 9.17) is 39.2 Å². The molecule has 0 bridgehead atoms. The zero-order valence-corrected chi connectivity index (χ0v) is 22.4. The van der Waals surface area contributed by atoms with Gasteiger partial charge in [-0.15, -0.1) is 0 Å². The van der Waals surface area contributed by atoms with Crippen LogP contribution in [0.4, 0.5) is 0 Å². The van der Waals surface area contributed by atoms with Crippen LogP contribution in [0.25, 0.3) is 22.6 Å². The highest BCUT2D eigenvalue weighted by Gasteiger charge is 2.46. The van der Waals surface area contributed by atoms with E-state index in [-0.39, 0.29) is 11.8 Å². The summed E-state index contributed by atoms with van der Waals surface area (Å²) in [4.78, 5) is 33.7. The van der Waals surface area contributed by atoms with E-state index in [1.165, 1.54) is 0 Å². The Bertz CT molecular complexity index is 1300. The number of carbonyl (C=O) groups is 2. The minimum Gasteiger partial charge on any atom is -0.432 e. The Kier molecular flexibility index (Phi) is 7.88. The van der Waals surface area contributed by atoms with Gasteiger partial charge in [-0.3, -0.25) is 19.8 Å². The zero-order chi connectivity index (χ0) is 26.0. The van der Waals surface area contributed by atoms with E-state index < -0.39 is 11.4 Å². The number of likely N-dealkylation sites (tertiary alicyclic amines) is 1. The molecular weight excluding hydrogens is 535 g/mol. The summed E-state index contributed by atoms with van der Waals surface area (Å²) in [6.07, 6.45) is 4.53. The van der Waals surface area contributed by atoms with E-state index in [2.05, 4.69) is 20.5 Å². The Hall–Kier alpha value is -2.42. The fourth-order valence-corrected chi connectivity index (χ4v) is 5.82. The van der Waals surface area contributed by atoms with Crippen molar-refractivity contribution in [3.05, 3.63) is 63.4 Å². The molecule has 5 rings (SSSR count). The average molecular weight is 562 g/mol. The summed E-state index contributed by atoms with van der Waals surface area (Å²) in [7, 11) is 0. The fourth-order valence-electron chi connectivity index (χ4n) is 5.20. The maximum absolute atomic E-state index is 13.6. The smallest absolute Gasteiger partial charge is 0.313 e. The lowest BCUT2D eigenvalue weighted by Crippen LogP contribution is -2.64. The van der Waals surface area contributed by atoms with E-state index >= 15 is 0 Å². The molecule has 2 aromatic carbocycles. The first-order valence-electron chi connectivity index (χ1n) is 12.4. The van der Waals surface area contributed by atoms with Crippen LogP contribution in [0.5, 0.6) is 0 Å². The molecule has 3 aromatic rings. The number of nitrogens with zero attached hydrogens (tertiary/aromatic N) is 2. The van der Waals surface area contributed by atoms with Gasteiger partial charge in [0.1, 0.15) is 11.2 Å². The lowest BCUT2D eigenvalue weighted by Gasteiger charge is -2.46. The van der Waals surface area contributed by atoms with Crippen molar-refractivity contribution in [1.82, 2.24) is 20.5 Å². The predicted octanol–water partition coefficient (Wildman–Crippen LogP) is 5.83. The first-order valence-corrected chi connectivity index (χ1v) is 13.5. The summed E-state index contributed by atoms with van der Waals surface area (Å²) >= 11 is 18.6. The van der Waals surface area contributed by atoms with Gasteiger partial charge in [0, 0.05) is 21.2 Å². The average Bonchev–Trinajstić information content (AvgIpc) is 3.35. The third kappa shape index (κ3) is 5.42. The highest BCUT2D eigenvalue weighted by molar-refractivity contribution is 6.36. The Balaban J connectivity index is 1.48. The number of halogens is 3. The maximum atomic E-state index is 13.6. The van der Waals surface area contributed by atoms with E-state index in [1.54, 1.807) is 42.5 Å². The van der Waals surface area contributed by atoms with E-state index in [0.717, 1.165) is 45.4 Å². The van der Waals surface area contributed by atoms with Crippen molar-refractivity contribution in [2.75, 3.05) is 26.2 Å². The third-order valence-electron chi connectivity index (χ3n) is 7.16. The van der Waals surface area contributed by atoms with Crippen molar-refractivity contribution < 1.29 is 14.0 Å². The number of amides is 2. The van der Waals surface area contributed by atoms with Crippen molar-refractivity contribution in [2.24, 2.45) is 0 Å². The Morgan fingerprint density at radius 1 is 0.946 bits per heavy atom. The summed E-state index contributed by atoms with van der Waals surface area (Å²) in [6, 6.07) is 12.0. The molecule has 2 fully saturated rings. The molecule has 3 heterocycles. The van der Waals surface area contributed by atoms with E-state index in [1.807, 2.05) is 0 Å². The first kappa shape index (κ1) is 26.2. The number of nitrogens with one attached hydrogen (secondary N) is 2. The van der Waals surface area contributed by atoms with E-state index in [9.17, 15) is 9.59 Å². The van der Waals surface area contributed by atoms with Gasteiger partial charge in [0.2, 0.25) is 5.91 Å². The van der Waals surface area contributed by atoms with Crippen LogP contribution in [0.1, 0.15) is 42.8 Å². The Morgan fingerprint density at radius 2 is 1.62 bits per heavy atom. The second-order valence-corrected chi connectivity index (χ2v) is 10.7. The molecule has 7 nitrogen and oxygen atoms in total. The number of hydrogen-bond acceptors (Lipinski definition) is 6. The molecule has 0 atom stereocenters. The second-order valence-electron chi connectivity index (χ2n) is 9.44. The van der Waals surface area contributed by atoms with Crippen LogP contribution >= 0.6 is 34.8 Å². The van der Waals surface area contributed by atoms with Crippen LogP contribution < -0.4 is 10.6 Å². The molecule has 10 heteroatoms. The number of carbonyl (C=O) groups excluding carboxylic acids is 2.